The normalized spacial score (nSPS) is 16.8. The number of likely N-dealkylation sites (tertiary alicyclic amines) is 1. The Hall–Kier alpha value is -3.19. The van der Waals surface area contributed by atoms with Crippen molar-refractivity contribution in [3.05, 3.63) is 77.8 Å². The largest absolute Gasteiger partial charge is 0.420 e. The molecule has 4 aromatic rings. The van der Waals surface area contributed by atoms with E-state index in [0.29, 0.717) is 23.9 Å². The number of rotatable bonds is 4. The van der Waals surface area contributed by atoms with Gasteiger partial charge in [0.2, 0.25) is 5.89 Å². The molecule has 1 saturated heterocycles. The number of hydrogen-bond donors (Lipinski definition) is 0. The number of hydrogen-bond acceptors (Lipinski definition) is 5. The number of piperidine rings is 1. The van der Waals surface area contributed by atoms with E-state index in [-0.39, 0.29) is 11.8 Å². The highest BCUT2D eigenvalue weighted by Gasteiger charge is 2.29. The van der Waals surface area contributed by atoms with Crippen LogP contribution in [-0.4, -0.2) is 38.7 Å². The minimum absolute atomic E-state index is 0.0479. The van der Waals surface area contributed by atoms with Crippen molar-refractivity contribution in [2.75, 3.05) is 13.1 Å². The van der Waals surface area contributed by atoms with E-state index in [1.165, 1.54) is 0 Å². The van der Waals surface area contributed by atoms with E-state index in [1.54, 1.807) is 11.3 Å². The summed E-state index contributed by atoms with van der Waals surface area (Å²) < 4.78 is 7.93. The minimum Gasteiger partial charge on any atom is -0.420 e. The lowest BCUT2D eigenvalue weighted by Crippen LogP contribution is -2.39. The summed E-state index contributed by atoms with van der Waals surface area (Å²) in [4.78, 5) is 15.9. The van der Waals surface area contributed by atoms with Crippen LogP contribution in [0.2, 0.25) is 0 Å². The maximum atomic E-state index is 13.0. The fourth-order valence-electron chi connectivity index (χ4n) is 3.73. The highest BCUT2D eigenvalue weighted by molar-refractivity contribution is 7.13. The van der Waals surface area contributed by atoms with Crippen molar-refractivity contribution in [2.24, 2.45) is 0 Å². The third kappa shape index (κ3) is 3.61. The first kappa shape index (κ1) is 17.9. The number of carbonyl (C=O) groups is 1. The standard InChI is InChI=1S/C22H20N4O2S/c27-22(16-7-9-18(10-8-16)25-11-1-2-12-25)26-13-3-5-17(15-26)20-23-24-21(28-20)19-6-4-14-29-19/h1-2,4,6-12,14,17H,3,5,13,15H2. The van der Waals surface area contributed by atoms with Gasteiger partial charge in [-0.15, -0.1) is 21.5 Å². The fraction of sp³-hybridized carbons (Fsp3) is 0.227. The molecule has 0 N–H and O–H groups in total. The van der Waals surface area contributed by atoms with E-state index in [2.05, 4.69) is 10.2 Å². The van der Waals surface area contributed by atoms with Crippen molar-refractivity contribution in [3.63, 3.8) is 0 Å². The van der Waals surface area contributed by atoms with Crippen LogP contribution in [0.5, 0.6) is 0 Å². The second-order valence-corrected chi connectivity index (χ2v) is 8.10. The molecule has 1 fully saturated rings. The van der Waals surface area contributed by atoms with Crippen molar-refractivity contribution >= 4 is 17.2 Å². The van der Waals surface area contributed by atoms with E-state index in [4.69, 9.17) is 4.42 Å². The zero-order chi connectivity index (χ0) is 19.6. The van der Waals surface area contributed by atoms with E-state index < -0.39 is 0 Å². The molecule has 1 aliphatic rings. The Morgan fingerprint density at radius 3 is 2.66 bits per heavy atom. The van der Waals surface area contributed by atoms with Crippen molar-refractivity contribution in [3.8, 4) is 16.5 Å². The Morgan fingerprint density at radius 2 is 1.90 bits per heavy atom. The molecule has 0 bridgehead atoms. The monoisotopic (exact) mass is 404 g/mol. The summed E-state index contributed by atoms with van der Waals surface area (Å²) >= 11 is 1.58. The molecule has 1 amide bonds. The molecular formula is C22H20N4O2S. The maximum absolute atomic E-state index is 13.0. The summed E-state index contributed by atoms with van der Waals surface area (Å²) in [7, 11) is 0. The van der Waals surface area contributed by atoms with Gasteiger partial charge < -0.3 is 13.9 Å². The lowest BCUT2D eigenvalue weighted by molar-refractivity contribution is 0.0698. The van der Waals surface area contributed by atoms with Gasteiger partial charge >= 0.3 is 0 Å². The zero-order valence-corrected chi connectivity index (χ0v) is 16.6. The summed E-state index contributed by atoms with van der Waals surface area (Å²) in [6.45, 7) is 1.35. The van der Waals surface area contributed by atoms with Gasteiger partial charge in [0.15, 0.2) is 0 Å². The van der Waals surface area contributed by atoms with Crippen molar-refractivity contribution < 1.29 is 9.21 Å². The molecule has 0 aliphatic carbocycles. The summed E-state index contributed by atoms with van der Waals surface area (Å²) in [5.74, 6) is 1.30. The van der Waals surface area contributed by atoms with Crippen LogP contribution in [0.1, 0.15) is 35.0 Å². The van der Waals surface area contributed by atoms with Gasteiger partial charge in [-0.05, 0) is 60.7 Å². The van der Waals surface area contributed by atoms with Crippen LogP contribution < -0.4 is 0 Å². The summed E-state index contributed by atoms with van der Waals surface area (Å²) in [6, 6.07) is 15.6. The van der Waals surface area contributed by atoms with Crippen molar-refractivity contribution in [1.82, 2.24) is 19.7 Å². The van der Waals surface area contributed by atoms with Gasteiger partial charge in [-0.2, -0.15) is 0 Å². The predicted octanol–water partition coefficient (Wildman–Crippen LogP) is 4.61. The molecule has 7 heteroatoms. The van der Waals surface area contributed by atoms with Crippen LogP contribution in [0.3, 0.4) is 0 Å². The van der Waals surface area contributed by atoms with E-state index in [9.17, 15) is 4.79 Å². The molecule has 0 radical (unpaired) electrons. The molecule has 3 aromatic heterocycles. The first-order chi connectivity index (χ1) is 14.3. The number of thiophene rings is 1. The van der Waals surface area contributed by atoms with E-state index in [0.717, 1.165) is 30.0 Å². The van der Waals surface area contributed by atoms with Crippen LogP contribution in [0, 0.1) is 0 Å². The van der Waals surface area contributed by atoms with E-state index in [1.807, 2.05) is 75.8 Å². The SMILES string of the molecule is O=C(c1ccc(-n2cccc2)cc1)N1CCCC(c2nnc(-c3cccs3)o2)C1. The maximum Gasteiger partial charge on any atom is 0.257 e. The van der Waals surface area contributed by atoms with Crippen LogP contribution >= 0.6 is 11.3 Å². The Kier molecular flexibility index (Phi) is 4.73. The van der Waals surface area contributed by atoms with E-state index >= 15 is 0 Å². The highest BCUT2D eigenvalue weighted by atomic mass is 32.1. The molecule has 6 nitrogen and oxygen atoms in total. The van der Waals surface area contributed by atoms with Gasteiger partial charge in [-0.1, -0.05) is 6.07 Å². The smallest absolute Gasteiger partial charge is 0.257 e. The molecule has 0 spiro atoms. The molecule has 0 saturated carbocycles. The van der Waals surface area contributed by atoms with Crippen molar-refractivity contribution in [1.29, 1.82) is 0 Å². The third-order valence-electron chi connectivity index (χ3n) is 5.25. The highest BCUT2D eigenvalue weighted by Crippen LogP contribution is 2.30. The van der Waals surface area contributed by atoms with Gasteiger partial charge in [-0.25, -0.2) is 0 Å². The van der Waals surface area contributed by atoms with Gasteiger partial charge in [0, 0.05) is 36.7 Å². The lowest BCUT2D eigenvalue weighted by atomic mass is 9.97. The number of aromatic nitrogens is 3. The molecule has 1 atom stereocenters. The van der Waals surface area contributed by atoms with Crippen LogP contribution in [0.15, 0.2) is 70.7 Å². The third-order valence-corrected chi connectivity index (χ3v) is 6.11. The Bertz CT molecular complexity index is 1080. The molecular weight excluding hydrogens is 384 g/mol. The quantitative estimate of drug-likeness (QED) is 0.498. The topological polar surface area (TPSA) is 64.2 Å². The predicted molar refractivity (Wildman–Crippen MR) is 111 cm³/mol. The number of benzene rings is 1. The molecule has 1 aromatic carbocycles. The lowest BCUT2D eigenvalue weighted by Gasteiger charge is -2.31. The molecule has 146 valence electrons. The fourth-order valence-corrected chi connectivity index (χ4v) is 4.37. The average Bonchev–Trinajstić information content (AvgIpc) is 3.55. The number of amides is 1. The number of nitrogens with zero attached hydrogens (tertiary/aromatic N) is 4. The summed E-state index contributed by atoms with van der Waals surface area (Å²) in [5, 5.41) is 10.4. The molecule has 1 aliphatic heterocycles. The van der Waals surface area contributed by atoms with Crippen LogP contribution in [0.25, 0.3) is 16.5 Å². The first-order valence-corrected chi connectivity index (χ1v) is 10.6. The first-order valence-electron chi connectivity index (χ1n) is 9.68. The second-order valence-electron chi connectivity index (χ2n) is 7.15. The minimum atomic E-state index is 0.0479. The number of carbonyl (C=O) groups excluding carboxylic acids is 1. The van der Waals surface area contributed by atoms with Crippen LogP contribution in [-0.2, 0) is 0 Å². The summed E-state index contributed by atoms with van der Waals surface area (Å²) in [6.07, 6.45) is 5.85. The van der Waals surface area contributed by atoms with Crippen molar-refractivity contribution in [2.45, 2.75) is 18.8 Å². The van der Waals surface area contributed by atoms with Gasteiger partial charge in [0.05, 0.1) is 10.8 Å². The van der Waals surface area contributed by atoms with Gasteiger partial charge in [0.25, 0.3) is 11.8 Å². The molecule has 29 heavy (non-hydrogen) atoms. The van der Waals surface area contributed by atoms with Crippen LogP contribution in [0.4, 0.5) is 0 Å². The average molecular weight is 404 g/mol. The zero-order valence-electron chi connectivity index (χ0n) is 15.8. The molecule has 1 unspecified atom stereocenters. The Labute approximate surface area is 172 Å². The molecule has 4 heterocycles. The summed E-state index contributed by atoms with van der Waals surface area (Å²) in [5.41, 5.74) is 1.74. The van der Waals surface area contributed by atoms with Gasteiger partial charge in [0.1, 0.15) is 0 Å². The van der Waals surface area contributed by atoms with Gasteiger partial charge in [-0.3, -0.25) is 4.79 Å². The Balaban J connectivity index is 1.29. The molecule has 5 rings (SSSR count). The Morgan fingerprint density at radius 1 is 1.07 bits per heavy atom. The second kappa shape index (κ2) is 7.67.